The molecule has 1 fully saturated rings. The molecule has 120 valence electrons. The SMILES string of the molecule is CCCNC1CCC(C)CC1CN(CC)CC(C)(C)O. The second-order valence-corrected chi connectivity index (χ2v) is 7.38. The molecule has 0 amide bonds. The minimum atomic E-state index is -0.595. The maximum absolute atomic E-state index is 10.1. The van der Waals surface area contributed by atoms with Crippen LogP contribution in [-0.2, 0) is 0 Å². The van der Waals surface area contributed by atoms with Crippen LogP contribution in [0.15, 0.2) is 0 Å². The molecule has 1 rings (SSSR count). The zero-order chi connectivity index (χ0) is 15.2. The van der Waals surface area contributed by atoms with Crippen LogP contribution in [0.3, 0.4) is 0 Å². The lowest BCUT2D eigenvalue weighted by atomic mass is 9.78. The van der Waals surface area contributed by atoms with Crippen molar-refractivity contribution in [1.82, 2.24) is 10.2 Å². The minimum absolute atomic E-state index is 0.595. The molecule has 2 N–H and O–H groups in total. The zero-order valence-corrected chi connectivity index (χ0v) is 14.3. The first kappa shape index (κ1) is 17.9. The summed E-state index contributed by atoms with van der Waals surface area (Å²) < 4.78 is 0. The molecular weight excluding hydrogens is 248 g/mol. The van der Waals surface area contributed by atoms with E-state index in [0.29, 0.717) is 6.04 Å². The van der Waals surface area contributed by atoms with Crippen LogP contribution in [0.25, 0.3) is 0 Å². The molecule has 0 radical (unpaired) electrons. The Morgan fingerprint density at radius 3 is 2.50 bits per heavy atom. The third kappa shape index (κ3) is 6.55. The second-order valence-electron chi connectivity index (χ2n) is 7.38. The van der Waals surface area contributed by atoms with Gasteiger partial charge in [-0.2, -0.15) is 0 Å². The molecule has 3 heteroatoms. The van der Waals surface area contributed by atoms with Gasteiger partial charge in [-0.05, 0) is 64.5 Å². The van der Waals surface area contributed by atoms with Crippen LogP contribution in [0.4, 0.5) is 0 Å². The monoisotopic (exact) mass is 284 g/mol. The Morgan fingerprint density at radius 2 is 1.95 bits per heavy atom. The molecule has 0 bridgehead atoms. The van der Waals surface area contributed by atoms with Crippen molar-refractivity contribution in [2.75, 3.05) is 26.2 Å². The summed E-state index contributed by atoms with van der Waals surface area (Å²) in [6.07, 6.45) is 5.20. The van der Waals surface area contributed by atoms with Gasteiger partial charge in [0.15, 0.2) is 0 Å². The normalized spacial score (nSPS) is 28.1. The van der Waals surface area contributed by atoms with Crippen LogP contribution in [-0.4, -0.2) is 47.8 Å². The van der Waals surface area contributed by atoms with Crippen molar-refractivity contribution in [3.05, 3.63) is 0 Å². The van der Waals surface area contributed by atoms with E-state index >= 15 is 0 Å². The third-order valence-electron chi connectivity index (χ3n) is 4.45. The van der Waals surface area contributed by atoms with E-state index in [0.717, 1.165) is 38.0 Å². The Morgan fingerprint density at radius 1 is 1.25 bits per heavy atom. The Labute approximate surface area is 126 Å². The van der Waals surface area contributed by atoms with Crippen molar-refractivity contribution in [2.24, 2.45) is 11.8 Å². The van der Waals surface area contributed by atoms with Crippen LogP contribution in [0.5, 0.6) is 0 Å². The van der Waals surface area contributed by atoms with E-state index in [4.69, 9.17) is 0 Å². The first-order chi connectivity index (χ1) is 9.35. The molecule has 1 saturated carbocycles. The van der Waals surface area contributed by atoms with E-state index in [9.17, 15) is 5.11 Å². The fourth-order valence-electron chi connectivity index (χ4n) is 3.48. The molecule has 0 aliphatic heterocycles. The molecule has 0 heterocycles. The van der Waals surface area contributed by atoms with E-state index in [-0.39, 0.29) is 0 Å². The topological polar surface area (TPSA) is 35.5 Å². The van der Waals surface area contributed by atoms with Crippen LogP contribution < -0.4 is 5.32 Å². The summed E-state index contributed by atoms with van der Waals surface area (Å²) in [5, 5.41) is 13.8. The van der Waals surface area contributed by atoms with Gasteiger partial charge < -0.3 is 15.3 Å². The molecule has 3 unspecified atom stereocenters. The summed E-state index contributed by atoms with van der Waals surface area (Å²) in [6.45, 7) is 14.7. The summed E-state index contributed by atoms with van der Waals surface area (Å²) in [5.74, 6) is 1.58. The summed E-state index contributed by atoms with van der Waals surface area (Å²) in [5.41, 5.74) is -0.595. The Bertz CT molecular complexity index is 260. The van der Waals surface area contributed by atoms with Gasteiger partial charge in [0.25, 0.3) is 0 Å². The van der Waals surface area contributed by atoms with Gasteiger partial charge in [-0.1, -0.05) is 20.8 Å². The molecule has 0 saturated heterocycles. The van der Waals surface area contributed by atoms with Crippen molar-refractivity contribution in [2.45, 2.75) is 71.9 Å². The Kier molecular flexibility index (Phi) is 7.49. The second kappa shape index (κ2) is 8.35. The first-order valence-corrected chi connectivity index (χ1v) is 8.53. The van der Waals surface area contributed by atoms with Gasteiger partial charge in [-0.15, -0.1) is 0 Å². The predicted octanol–water partition coefficient (Wildman–Crippen LogP) is 2.88. The smallest absolute Gasteiger partial charge is 0.0718 e. The van der Waals surface area contributed by atoms with Crippen molar-refractivity contribution < 1.29 is 5.11 Å². The van der Waals surface area contributed by atoms with Crippen molar-refractivity contribution in [3.8, 4) is 0 Å². The first-order valence-electron chi connectivity index (χ1n) is 8.53. The lowest BCUT2D eigenvalue weighted by Gasteiger charge is -2.39. The summed E-state index contributed by atoms with van der Waals surface area (Å²) in [6, 6.07) is 0.669. The highest BCUT2D eigenvalue weighted by atomic mass is 16.3. The van der Waals surface area contributed by atoms with Gasteiger partial charge in [0.1, 0.15) is 0 Å². The number of hydrogen-bond acceptors (Lipinski definition) is 3. The number of likely N-dealkylation sites (N-methyl/N-ethyl adjacent to an activating group) is 1. The zero-order valence-electron chi connectivity index (χ0n) is 14.3. The number of rotatable bonds is 8. The highest BCUT2D eigenvalue weighted by molar-refractivity contribution is 4.86. The van der Waals surface area contributed by atoms with Gasteiger partial charge in [0.2, 0.25) is 0 Å². The van der Waals surface area contributed by atoms with E-state index in [1.807, 2.05) is 13.8 Å². The average molecular weight is 284 g/mol. The fourth-order valence-corrected chi connectivity index (χ4v) is 3.48. The maximum atomic E-state index is 10.1. The summed E-state index contributed by atoms with van der Waals surface area (Å²) >= 11 is 0. The molecule has 0 spiro atoms. The van der Waals surface area contributed by atoms with Gasteiger partial charge in [0.05, 0.1) is 5.60 Å². The van der Waals surface area contributed by atoms with Crippen LogP contribution >= 0.6 is 0 Å². The number of aliphatic hydroxyl groups is 1. The lowest BCUT2D eigenvalue weighted by molar-refractivity contribution is 0.0262. The molecule has 1 aliphatic carbocycles. The van der Waals surface area contributed by atoms with Gasteiger partial charge in [-0.25, -0.2) is 0 Å². The van der Waals surface area contributed by atoms with Crippen molar-refractivity contribution in [3.63, 3.8) is 0 Å². The molecule has 1 aliphatic rings. The van der Waals surface area contributed by atoms with E-state index < -0.39 is 5.60 Å². The molecular formula is C17H36N2O. The quantitative estimate of drug-likeness (QED) is 0.719. The highest BCUT2D eigenvalue weighted by Gasteiger charge is 2.30. The maximum Gasteiger partial charge on any atom is 0.0718 e. The van der Waals surface area contributed by atoms with Gasteiger partial charge >= 0.3 is 0 Å². The molecule has 20 heavy (non-hydrogen) atoms. The van der Waals surface area contributed by atoms with Crippen LogP contribution in [0.2, 0.25) is 0 Å². The van der Waals surface area contributed by atoms with Crippen LogP contribution in [0.1, 0.15) is 60.3 Å². The van der Waals surface area contributed by atoms with E-state index in [1.54, 1.807) is 0 Å². The standard InChI is InChI=1S/C17H36N2O/c1-6-10-18-16-9-8-14(3)11-15(16)12-19(7-2)13-17(4,5)20/h14-16,18,20H,6-13H2,1-5H3. The Balaban J connectivity index is 2.57. The summed E-state index contributed by atoms with van der Waals surface area (Å²) in [4.78, 5) is 2.42. The van der Waals surface area contributed by atoms with Gasteiger partial charge in [-0.3, -0.25) is 0 Å². The van der Waals surface area contributed by atoms with Crippen molar-refractivity contribution >= 4 is 0 Å². The molecule has 3 nitrogen and oxygen atoms in total. The van der Waals surface area contributed by atoms with E-state index in [1.165, 1.54) is 25.7 Å². The number of hydrogen-bond donors (Lipinski definition) is 2. The fraction of sp³-hybridized carbons (Fsp3) is 1.00. The third-order valence-corrected chi connectivity index (χ3v) is 4.45. The van der Waals surface area contributed by atoms with E-state index in [2.05, 4.69) is 31.0 Å². The lowest BCUT2D eigenvalue weighted by Crippen LogP contribution is -2.48. The molecule has 0 aromatic carbocycles. The number of nitrogens with one attached hydrogen (secondary N) is 1. The largest absolute Gasteiger partial charge is 0.389 e. The summed E-state index contributed by atoms with van der Waals surface area (Å²) in [7, 11) is 0. The Hall–Kier alpha value is -0.120. The minimum Gasteiger partial charge on any atom is -0.389 e. The number of nitrogens with zero attached hydrogens (tertiary/aromatic N) is 1. The van der Waals surface area contributed by atoms with Crippen LogP contribution in [0, 0.1) is 11.8 Å². The highest BCUT2D eigenvalue weighted by Crippen LogP contribution is 2.30. The molecule has 3 atom stereocenters. The average Bonchev–Trinajstić information content (AvgIpc) is 2.35. The molecule has 0 aromatic rings. The van der Waals surface area contributed by atoms with Crippen molar-refractivity contribution in [1.29, 1.82) is 0 Å². The van der Waals surface area contributed by atoms with Gasteiger partial charge in [0, 0.05) is 19.1 Å². The molecule has 0 aromatic heterocycles. The predicted molar refractivity (Wildman–Crippen MR) is 87.0 cm³/mol.